The highest BCUT2D eigenvalue weighted by Crippen LogP contribution is 2.34. The number of alkyl halides is 1. The number of halogens is 1. The molecule has 0 spiro atoms. The first-order valence-electron chi connectivity index (χ1n) is 9.93. The molecule has 6 nitrogen and oxygen atoms in total. The molecule has 0 saturated heterocycles. The molecule has 31 heavy (non-hydrogen) atoms. The molecule has 2 aromatic carbocycles. The van der Waals surface area contributed by atoms with E-state index in [1.165, 1.54) is 28.4 Å². The number of carbonyl (C=O) groups excluding carboxylic acids is 3. The van der Waals surface area contributed by atoms with E-state index in [1.54, 1.807) is 11.4 Å². The van der Waals surface area contributed by atoms with Crippen LogP contribution in [0.15, 0.2) is 41.8 Å². The Morgan fingerprint density at radius 3 is 2.35 bits per heavy atom. The quantitative estimate of drug-likeness (QED) is 0.418. The van der Waals surface area contributed by atoms with Crippen molar-refractivity contribution in [3.05, 3.63) is 75.3 Å². The number of thiazole rings is 1. The number of amides is 3. The summed E-state index contributed by atoms with van der Waals surface area (Å²) in [6, 6.07) is 10.4. The first-order chi connectivity index (χ1) is 15.0. The van der Waals surface area contributed by atoms with Crippen molar-refractivity contribution in [2.45, 2.75) is 32.6 Å². The second kappa shape index (κ2) is 8.61. The van der Waals surface area contributed by atoms with Crippen molar-refractivity contribution in [3.63, 3.8) is 0 Å². The molecule has 1 aliphatic rings. The molecule has 4 rings (SSSR count). The summed E-state index contributed by atoms with van der Waals surface area (Å²) in [5.74, 6) is -0.922. The number of hydrogen-bond acceptors (Lipinski definition) is 5. The summed E-state index contributed by atoms with van der Waals surface area (Å²) >= 11 is 7.02. The molecule has 0 saturated carbocycles. The smallest absolute Gasteiger partial charge is 0.266 e. The van der Waals surface area contributed by atoms with Crippen LogP contribution in [0.3, 0.4) is 0 Å². The van der Waals surface area contributed by atoms with Crippen LogP contribution in [0.5, 0.6) is 0 Å². The average molecular weight is 454 g/mol. The van der Waals surface area contributed by atoms with E-state index in [-0.39, 0.29) is 22.9 Å². The zero-order chi connectivity index (χ0) is 22.1. The van der Waals surface area contributed by atoms with Crippen LogP contribution in [0.1, 0.15) is 61.7 Å². The number of imide groups is 1. The Kier molecular flexibility index (Phi) is 5.89. The van der Waals surface area contributed by atoms with Gasteiger partial charge >= 0.3 is 0 Å². The summed E-state index contributed by atoms with van der Waals surface area (Å²) in [5, 5.41) is 4.90. The number of aryl methyl sites for hydroxylation is 2. The van der Waals surface area contributed by atoms with Gasteiger partial charge in [0.25, 0.3) is 17.7 Å². The lowest BCUT2D eigenvalue weighted by Gasteiger charge is -2.21. The Balaban J connectivity index is 1.67. The minimum absolute atomic E-state index is 0.228. The predicted molar refractivity (Wildman–Crippen MR) is 122 cm³/mol. The number of nitrogens with one attached hydrogen (secondary N) is 1. The number of rotatable bonds is 6. The highest BCUT2D eigenvalue weighted by molar-refractivity contribution is 7.14. The molecule has 3 aromatic rings. The molecule has 0 unspecified atom stereocenters. The van der Waals surface area contributed by atoms with E-state index in [1.807, 2.05) is 32.0 Å². The molecule has 8 heteroatoms. The summed E-state index contributed by atoms with van der Waals surface area (Å²) in [5.41, 5.74) is 4.01. The molecule has 158 valence electrons. The fourth-order valence-electron chi connectivity index (χ4n) is 3.68. The Morgan fingerprint density at radius 2 is 1.74 bits per heavy atom. The highest BCUT2D eigenvalue weighted by atomic mass is 35.5. The summed E-state index contributed by atoms with van der Waals surface area (Å²) in [6.07, 6.45) is 1.39. The lowest BCUT2D eigenvalue weighted by Crippen LogP contribution is -2.31. The molecule has 3 amide bonds. The van der Waals surface area contributed by atoms with Crippen LogP contribution in [0.4, 0.5) is 10.8 Å². The van der Waals surface area contributed by atoms with E-state index in [2.05, 4.69) is 10.3 Å². The molecule has 1 aromatic heterocycles. The number of anilines is 2. The molecule has 0 fully saturated rings. The first-order valence-corrected chi connectivity index (χ1v) is 11.3. The van der Waals surface area contributed by atoms with Crippen LogP contribution in [0.25, 0.3) is 0 Å². The third kappa shape index (κ3) is 3.75. The van der Waals surface area contributed by atoms with Crippen molar-refractivity contribution < 1.29 is 14.4 Å². The molecule has 0 bridgehead atoms. The van der Waals surface area contributed by atoms with Gasteiger partial charge in [0.15, 0.2) is 5.13 Å². The highest BCUT2D eigenvalue weighted by Gasteiger charge is 2.38. The van der Waals surface area contributed by atoms with Gasteiger partial charge in [-0.1, -0.05) is 32.0 Å². The molecule has 0 radical (unpaired) electrons. The number of hydrogen-bond donors (Lipinski definition) is 1. The van der Waals surface area contributed by atoms with Crippen molar-refractivity contribution in [1.82, 2.24) is 4.98 Å². The predicted octanol–water partition coefficient (Wildman–Crippen LogP) is 5.06. The van der Waals surface area contributed by atoms with Gasteiger partial charge < -0.3 is 0 Å². The number of aromatic nitrogens is 1. The fourth-order valence-corrected chi connectivity index (χ4v) is 4.62. The first kappa shape index (κ1) is 21.2. The van der Waals surface area contributed by atoms with Crippen LogP contribution in [0.2, 0.25) is 0 Å². The normalized spacial score (nSPS) is 12.9. The molecule has 0 atom stereocenters. The number of carbonyl (C=O) groups is 3. The maximum Gasteiger partial charge on any atom is 0.266 e. The van der Waals surface area contributed by atoms with Crippen LogP contribution in [0, 0.1) is 0 Å². The van der Waals surface area contributed by atoms with Gasteiger partial charge in [-0.25, -0.2) is 9.88 Å². The van der Waals surface area contributed by atoms with Gasteiger partial charge in [-0.3, -0.25) is 19.7 Å². The minimum Gasteiger partial charge on any atom is -0.298 e. The van der Waals surface area contributed by atoms with Crippen molar-refractivity contribution in [2.24, 2.45) is 0 Å². The number of nitrogens with zero attached hydrogens (tertiary/aromatic N) is 2. The van der Waals surface area contributed by atoms with E-state index in [9.17, 15) is 14.4 Å². The van der Waals surface area contributed by atoms with Crippen LogP contribution in [-0.4, -0.2) is 22.7 Å². The lowest BCUT2D eigenvalue weighted by molar-refractivity contribution is 0.0925. The standard InChI is InChI=1S/C23H20ClN3O3S/c1-3-13-6-5-7-14(4-2)19(13)27-21(29)17-9-8-15(10-18(17)22(27)30)20(28)26-23-25-16(11-24)12-31-23/h5-10,12H,3-4,11H2,1-2H3,(H,25,26,28). The van der Waals surface area contributed by atoms with Crippen LogP contribution in [-0.2, 0) is 18.7 Å². The molecule has 1 N–H and O–H groups in total. The van der Waals surface area contributed by atoms with E-state index < -0.39 is 11.8 Å². The monoisotopic (exact) mass is 453 g/mol. The summed E-state index contributed by atoms with van der Waals surface area (Å²) < 4.78 is 0. The summed E-state index contributed by atoms with van der Waals surface area (Å²) in [4.78, 5) is 44.5. The van der Waals surface area contributed by atoms with Crippen molar-refractivity contribution in [2.75, 3.05) is 10.2 Å². The average Bonchev–Trinajstić information content (AvgIpc) is 3.35. The second-order valence-electron chi connectivity index (χ2n) is 7.07. The Morgan fingerprint density at radius 1 is 1.06 bits per heavy atom. The third-order valence-corrected chi connectivity index (χ3v) is 6.33. The molecular weight excluding hydrogens is 434 g/mol. The number of fused-ring (bicyclic) bond motifs is 1. The lowest BCUT2D eigenvalue weighted by atomic mass is 10.0. The maximum absolute atomic E-state index is 13.3. The third-order valence-electron chi connectivity index (χ3n) is 5.25. The van der Waals surface area contributed by atoms with Crippen molar-refractivity contribution >= 4 is 51.5 Å². The maximum atomic E-state index is 13.3. The molecular formula is C23H20ClN3O3S. The van der Waals surface area contributed by atoms with Crippen molar-refractivity contribution in [3.8, 4) is 0 Å². The van der Waals surface area contributed by atoms with Crippen molar-refractivity contribution in [1.29, 1.82) is 0 Å². The number of benzene rings is 2. The largest absolute Gasteiger partial charge is 0.298 e. The topological polar surface area (TPSA) is 79.4 Å². The van der Waals surface area contributed by atoms with E-state index in [0.29, 0.717) is 34.9 Å². The zero-order valence-electron chi connectivity index (χ0n) is 17.1. The zero-order valence-corrected chi connectivity index (χ0v) is 18.6. The Labute approximate surface area is 188 Å². The van der Waals surface area contributed by atoms with Crippen LogP contribution < -0.4 is 10.2 Å². The molecule has 1 aliphatic heterocycles. The van der Waals surface area contributed by atoms with Gasteiger partial charge in [0.05, 0.1) is 28.4 Å². The van der Waals surface area contributed by atoms with Gasteiger partial charge in [0.2, 0.25) is 0 Å². The molecule has 2 heterocycles. The van der Waals surface area contributed by atoms with E-state index in [0.717, 1.165) is 11.1 Å². The minimum atomic E-state index is -0.413. The van der Waals surface area contributed by atoms with Gasteiger partial charge in [-0.15, -0.1) is 22.9 Å². The van der Waals surface area contributed by atoms with Gasteiger partial charge in [0.1, 0.15) is 0 Å². The van der Waals surface area contributed by atoms with Gasteiger partial charge in [-0.05, 0) is 42.2 Å². The second-order valence-corrected chi connectivity index (χ2v) is 8.20. The SMILES string of the molecule is CCc1cccc(CC)c1N1C(=O)c2ccc(C(=O)Nc3nc(CCl)cs3)cc2C1=O. The Hall–Kier alpha value is -3.03. The number of para-hydroxylation sites is 1. The summed E-state index contributed by atoms with van der Waals surface area (Å²) in [6.45, 7) is 3.99. The molecule has 0 aliphatic carbocycles. The van der Waals surface area contributed by atoms with E-state index in [4.69, 9.17) is 11.6 Å². The van der Waals surface area contributed by atoms with Gasteiger partial charge in [-0.2, -0.15) is 0 Å². The van der Waals surface area contributed by atoms with Gasteiger partial charge in [0, 0.05) is 10.9 Å². The Bertz CT molecular complexity index is 1180. The summed E-state index contributed by atoms with van der Waals surface area (Å²) in [7, 11) is 0. The van der Waals surface area contributed by atoms with E-state index >= 15 is 0 Å². The van der Waals surface area contributed by atoms with Crippen LogP contribution >= 0.6 is 22.9 Å². The fraction of sp³-hybridized carbons (Fsp3) is 0.217.